The number of hydrogen-bond donors (Lipinski definition) is 1. The summed E-state index contributed by atoms with van der Waals surface area (Å²) in [4.78, 5) is 30.2. The van der Waals surface area contributed by atoms with Gasteiger partial charge in [0.2, 0.25) is 5.91 Å². The molecule has 0 aliphatic carbocycles. The Morgan fingerprint density at radius 3 is 2.66 bits per heavy atom. The van der Waals surface area contributed by atoms with Crippen molar-refractivity contribution in [3.05, 3.63) is 75.0 Å². The molecule has 0 spiro atoms. The molecular formula is C23H21ClN4O2S2. The number of carbonyl (C=O) groups excluding carboxylic acids is 1. The maximum Gasteiger partial charge on any atom is 0.273 e. The quantitative estimate of drug-likeness (QED) is 0.298. The molecule has 164 valence electrons. The van der Waals surface area contributed by atoms with Crippen molar-refractivity contribution in [2.24, 2.45) is 0 Å². The van der Waals surface area contributed by atoms with E-state index in [2.05, 4.69) is 9.69 Å². The summed E-state index contributed by atoms with van der Waals surface area (Å²) in [6.07, 6.45) is 0. The van der Waals surface area contributed by atoms with Gasteiger partial charge in [-0.25, -0.2) is 4.98 Å². The summed E-state index contributed by atoms with van der Waals surface area (Å²) in [5, 5.41) is 3.99. The summed E-state index contributed by atoms with van der Waals surface area (Å²) in [6, 6.07) is 15.4. The van der Waals surface area contributed by atoms with Crippen LogP contribution in [-0.2, 0) is 17.9 Å². The van der Waals surface area contributed by atoms with Crippen LogP contribution in [0.1, 0.15) is 18.1 Å². The molecular weight excluding hydrogens is 464 g/mol. The number of aromatic nitrogens is 3. The third-order valence-electron chi connectivity index (χ3n) is 4.95. The predicted molar refractivity (Wildman–Crippen MR) is 132 cm³/mol. The van der Waals surface area contributed by atoms with Gasteiger partial charge in [-0.15, -0.1) is 0 Å². The number of hydrogen-bond acceptors (Lipinski definition) is 6. The first-order valence-corrected chi connectivity index (χ1v) is 12.2. The van der Waals surface area contributed by atoms with Crippen LogP contribution < -0.4 is 10.9 Å². The van der Waals surface area contributed by atoms with Crippen molar-refractivity contribution < 1.29 is 4.79 Å². The maximum atomic E-state index is 13.0. The Bertz CT molecular complexity index is 1330. The molecule has 4 rings (SSSR count). The molecule has 32 heavy (non-hydrogen) atoms. The molecule has 0 saturated heterocycles. The number of nitrogens with zero attached hydrogens (tertiary/aromatic N) is 3. The van der Waals surface area contributed by atoms with Crippen molar-refractivity contribution in [3.8, 4) is 11.3 Å². The molecule has 0 saturated carbocycles. The lowest BCUT2D eigenvalue weighted by Crippen LogP contribution is -2.26. The second-order valence-electron chi connectivity index (χ2n) is 7.18. The lowest BCUT2D eigenvalue weighted by atomic mass is 10.1. The second-order valence-corrected chi connectivity index (χ2v) is 9.30. The monoisotopic (exact) mass is 484 g/mol. The van der Waals surface area contributed by atoms with Gasteiger partial charge < -0.3 is 5.32 Å². The molecule has 2 aromatic carbocycles. The molecule has 2 aromatic heterocycles. The van der Waals surface area contributed by atoms with Crippen LogP contribution in [0, 0.1) is 6.92 Å². The zero-order valence-electron chi connectivity index (χ0n) is 17.6. The zero-order chi connectivity index (χ0) is 22.7. The van der Waals surface area contributed by atoms with Gasteiger partial charge in [0.1, 0.15) is 15.9 Å². The molecule has 0 bridgehead atoms. The lowest BCUT2D eigenvalue weighted by molar-refractivity contribution is -0.118. The van der Waals surface area contributed by atoms with Crippen LogP contribution in [0.25, 0.3) is 21.5 Å². The van der Waals surface area contributed by atoms with Crippen LogP contribution in [0.2, 0.25) is 5.02 Å². The number of fused-ring (bicyclic) bond motifs is 1. The van der Waals surface area contributed by atoms with Crippen LogP contribution in [0.3, 0.4) is 0 Å². The highest BCUT2D eigenvalue weighted by Gasteiger charge is 2.18. The van der Waals surface area contributed by atoms with E-state index < -0.39 is 0 Å². The summed E-state index contributed by atoms with van der Waals surface area (Å²) in [5.74, 6) is -0.0195. The number of benzene rings is 2. The van der Waals surface area contributed by atoms with Crippen molar-refractivity contribution >= 4 is 51.0 Å². The van der Waals surface area contributed by atoms with E-state index in [9.17, 15) is 9.59 Å². The number of carbonyl (C=O) groups is 1. The van der Waals surface area contributed by atoms with Crippen LogP contribution in [0.15, 0.2) is 58.5 Å². The predicted octanol–water partition coefficient (Wildman–Crippen LogP) is 4.91. The topological polar surface area (TPSA) is 76.9 Å². The average Bonchev–Trinajstić information content (AvgIpc) is 3.22. The van der Waals surface area contributed by atoms with Gasteiger partial charge >= 0.3 is 0 Å². The Balaban J connectivity index is 1.57. The summed E-state index contributed by atoms with van der Waals surface area (Å²) >= 11 is 8.55. The van der Waals surface area contributed by atoms with Crippen molar-refractivity contribution in [3.63, 3.8) is 0 Å². The number of nitrogens with one attached hydrogen (secondary N) is 1. The molecule has 0 aliphatic heterocycles. The van der Waals surface area contributed by atoms with Gasteiger partial charge in [-0.05, 0) is 37.0 Å². The standard InChI is InChI=1S/C23H21ClN4O2S2/c1-3-28-22(30)21-20(19(27-32-21)15-10-8-14(2)9-11-15)26-23(28)31-13-18(29)25-12-16-6-4-5-7-17(16)24/h4-11H,3,12-13H2,1-2H3,(H,25,29). The molecule has 0 radical (unpaired) electrons. The Kier molecular flexibility index (Phi) is 6.93. The fraction of sp³-hybridized carbons (Fsp3) is 0.217. The van der Waals surface area contributed by atoms with E-state index in [-0.39, 0.29) is 17.2 Å². The number of aryl methyl sites for hydroxylation is 1. The minimum Gasteiger partial charge on any atom is -0.351 e. The molecule has 2 heterocycles. The normalized spacial score (nSPS) is 11.1. The first kappa shape index (κ1) is 22.5. The third-order valence-corrected chi connectivity index (χ3v) is 7.12. The van der Waals surface area contributed by atoms with Gasteiger partial charge in [-0.3, -0.25) is 14.2 Å². The Hall–Kier alpha value is -2.68. The van der Waals surface area contributed by atoms with Gasteiger partial charge in [0.05, 0.1) is 5.75 Å². The minimum atomic E-state index is -0.158. The van der Waals surface area contributed by atoms with E-state index in [1.54, 1.807) is 10.6 Å². The van der Waals surface area contributed by atoms with Crippen LogP contribution >= 0.6 is 34.9 Å². The van der Waals surface area contributed by atoms with Crippen molar-refractivity contribution in [2.75, 3.05) is 5.75 Å². The Morgan fingerprint density at radius 2 is 1.94 bits per heavy atom. The van der Waals surface area contributed by atoms with Crippen LogP contribution in [-0.4, -0.2) is 25.6 Å². The van der Waals surface area contributed by atoms with Gasteiger partial charge in [-0.1, -0.05) is 71.4 Å². The van der Waals surface area contributed by atoms with E-state index in [1.807, 2.05) is 56.3 Å². The lowest BCUT2D eigenvalue weighted by Gasteiger charge is -2.10. The highest BCUT2D eigenvalue weighted by atomic mass is 35.5. The van der Waals surface area contributed by atoms with E-state index in [1.165, 1.54) is 11.8 Å². The largest absolute Gasteiger partial charge is 0.351 e. The van der Waals surface area contributed by atoms with Crippen molar-refractivity contribution in [1.29, 1.82) is 0 Å². The maximum absolute atomic E-state index is 13.0. The zero-order valence-corrected chi connectivity index (χ0v) is 20.0. The van der Waals surface area contributed by atoms with Crippen LogP contribution in [0.5, 0.6) is 0 Å². The van der Waals surface area contributed by atoms with E-state index in [0.717, 1.165) is 28.2 Å². The Labute approximate surface area is 198 Å². The number of halogens is 1. The number of rotatable bonds is 7. The summed E-state index contributed by atoms with van der Waals surface area (Å²) in [6.45, 7) is 4.71. The van der Waals surface area contributed by atoms with Crippen LogP contribution in [0.4, 0.5) is 0 Å². The molecule has 4 aromatic rings. The molecule has 0 aliphatic rings. The molecule has 0 atom stereocenters. The molecule has 1 N–H and O–H groups in total. The number of amides is 1. The molecule has 0 unspecified atom stereocenters. The van der Waals surface area contributed by atoms with Crippen molar-refractivity contribution in [1.82, 2.24) is 19.2 Å². The summed E-state index contributed by atoms with van der Waals surface area (Å²) < 4.78 is 6.62. The molecule has 6 nitrogen and oxygen atoms in total. The van der Waals surface area contributed by atoms with Gasteiger partial charge in [0.25, 0.3) is 5.56 Å². The van der Waals surface area contributed by atoms with Gasteiger partial charge in [0.15, 0.2) is 5.16 Å². The van der Waals surface area contributed by atoms with E-state index in [4.69, 9.17) is 16.6 Å². The summed E-state index contributed by atoms with van der Waals surface area (Å²) in [5.41, 5.74) is 4.05. The second kappa shape index (κ2) is 9.85. The van der Waals surface area contributed by atoms with E-state index in [0.29, 0.717) is 39.2 Å². The summed E-state index contributed by atoms with van der Waals surface area (Å²) in [7, 11) is 0. The smallest absolute Gasteiger partial charge is 0.273 e. The highest BCUT2D eigenvalue weighted by Crippen LogP contribution is 2.29. The minimum absolute atomic E-state index is 0.132. The van der Waals surface area contributed by atoms with Crippen molar-refractivity contribution in [2.45, 2.75) is 32.1 Å². The van der Waals surface area contributed by atoms with Gasteiger partial charge in [-0.2, -0.15) is 4.37 Å². The first-order valence-electron chi connectivity index (χ1n) is 10.1. The highest BCUT2D eigenvalue weighted by molar-refractivity contribution is 7.99. The fourth-order valence-electron chi connectivity index (χ4n) is 3.20. The molecule has 1 amide bonds. The fourth-order valence-corrected chi connectivity index (χ4v) is 5.08. The molecule has 9 heteroatoms. The first-order chi connectivity index (χ1) is 15.5. The third kappa shape index (κ3) is 4.72. The van der Waals surface area contributed by atoms with Gasteiger partial charge in [0, 0.05) is 23.7 Å². The average molecular weight is 485 g/mol. The van der Waals surface area contributed by atoms with E-state index >= 15 is 0 Å². The Morgan fingerprint density at radius 1 is 1.19 bits per heavy atom. The SMILES string of the molecule is CCn1c(SCC(=O)NCc2ccccc2Cl)nc2c(-c3ccc(C)cc3)nsc2c1=O. The number of thioether (sulfide) groups is 1. The molecule has 0 fully saturated rings.